The van der Waals surface area contributed by atoms with Gasteiger partial charge in [-0.15, -0.1) is 0 Å². The lowest BCUT2D eigenvalue weighted by Crippen LogP contribution is -2.14. The lowest BCUT2D eigenvalue weighted by molar-refractivity contribution is -0.385. The molecule has 0 aliphatic heterocycles. The summed E-state index contributed by atoms with van der Waals surface area (Å²) in [5.41, 5.74) is 5.24. The van der Waals surface area contributed by atoms with Crippen molar-refractivity contribution in [2.75, 3.05) is 10.6 Å². The van der Waals surface area contributed by atoms with Gasteiger partial charge in [-0.25, -0.2) is 4.98 Å². The van der Waals surface area contributed by atoms with Gasteiger partial charge in [0, 0.05) is 11.4 Å². The molecule has 0 unspecified atom stereocenters. The van der Waals surface area contributed by atoms with Crippen LogP contribution in [0.5, 0.6) is 0 Å². The molecule has 0 spiro atoms. The van der Waals surface area contributed by atoms with Crippen LogP contribution in [0.3, 0.4) is 0 Å². The maximum atomic E-state index is 11.7. The molecular formula is C21H21BN6O2. The van der Waals surface area contributed by atoms with Gasteiger partial charge < -0.3 is 10.6 Å². The Morgan fingerprint density at radius 1 is 1.07 bits per heavy atom. The first-order chi connectivity index (χ1) is 14.3. The number of aromatic nitrogens is 2. The summed E-state index contributed by atoms with van der Waals surface area (Å²) < 4.78 is 0. The minimum atomic E-state index is -0.478. The Bertz CT molecular complexity index is 1130. The zero-order valence-electron chi connectivity index (χ0n) is 17.3. The predicted octanol–water partition coefficient (Wildman–Crippen LogP) is 3.78. The van der Waals surface area contributed by atoms with E-state index in [2.05, 4.69) is 45.6 Å². The summed E-state index contributed by atoms with van der Waals surface area (Å²) in [7, 11) is 0.910. The van der Waals surface area contributed by atoms with Crippen LogP contribution in [0.25, 0.3) is 0 Å². The van der Waals surface area contributed by atoms with Crippen LogP contribution in [0.4, 0.5) is 28.8 Å². The van der Waals surface area contributed by atoms with Crippen LogP contribution < -0.4 is 16.1 Å². The third-order valence-corrected chi connectivity index (χ3v) is 4.76. The third-order valence-electron chi connectivity index (χ3n) is 4.76. The summed E-state index contributed by atoms with van der Waals surface area (Å²) in [5, 5.41) is 26.8. The van der Waals surface area contributed by atoms with E-state index in [-0.39, 0.29) is 23.1 Å². The number of hydrogen-bond donors (Lipinski definition) is 2. The van der Waals surface area contributed by atoms with Crippen molar-refractivity contribution in [1.29, 1.82) is 5.26 Å². The predicted molar refractivity (Wildman–Crippen MR) is 120 cm³/mol. The molecule has 0 fully saturated rings. The average molecular weight is 400 g/mol. The van der Waals surface area contributed by atoms with E-state index < -0.39 is 4.92 Å². The van der Waals surface area contributed by atoms with E-state index >= 15 is 0 Å². The number of aryl methyl sites for hydroxylation is 3. The van der Waals surface area contributed by atoms with Gasteiger partial charge >= 0.3 is 5.69 Å². The van der Waals surface area contributed by atoms with Gasteiger partial charge in [0.05, 0.1) is 16.6 Å². The van der Waals surface area contributed by atoms with Crippen molar-refractivity contribution in [1.82, 2.24) is 9.97 Å². The van der Waals surface area contributed by atoms with E-state index in [1.165, 1.54) is 5.46 Å². The molecule has 0 aliphatic carbocycles. The fourth-order valence-corrected chi connectivity index (χ4v) is 3.26. The van der Waals surface area contributed by atoms with Gasteiger partial charge in [0.15, 0.2) is 7.28 Å². The number of nitriles is 1. The summed E-state index contributed by atoms with van der Waals surface area (Å²) in [6.07, 6.45) is 0. The molecule has 8 nitrogen and oxygen atoms in total. The van der Waals surface area contributed by atoms with Crippen molar-refractivity contribution >= 4 is 41.6 Å². The van der Waals surface area contributed by atoms with Crippen LogP contribution in [-0.4, -0.2) is 22.2 Å². The molecule has 0 atom stereocenters. The molecule has 0 saturated heterocycles. The molecule has 0 bridgehead atoms. The number of hydrogen-bond acceptors (Lipinski definition) is 7. The summed E-state index contributed by atoms with van der Waals surface area (Å²) >= 11 is 0. The SMILES string of the molecule is CBc1cc(C)c(Nc2nc(Nc3ccc(C#N)cc3)nc(C)c2[N+](=O)[O-])c(C)c1. The molecule has 30 heavy (non-hydrogen) atoms. The molecule has 1 heterocycles. The first kappa shape index (κ1) is 20.8. The molecule has 150 valence electrons. The Labute approximate surface area is 175 Å². The van der Waals surface area contributed by atoms with Gasteiger partial charge in [0.2, 0.25) is 11.8 Å². The van der Waals surface area contributed by atoms with Crippen LogP contribution in [0.2, 0.25) is 6.82 Å². The van der Waals surface area contributed by atoms with Gasteiger partial charge in [0.25, 0.3) is 0 Å². The highest BCUT2D eigenvalue weighted by Gasteiger charge is 2.23. The Hall–Kier alpha value is -3.93. The molecule has 3 aromatic rings. The largest absolute Gasteiger partial charge is 0.334 e. The molecular weight excluding hydrogens is 379 g/mol. The highest BCUT2D eigenvalue weighted by atomic mass is 16.6. The van der Waals surface area contributed by atoms with Crippen molar-refractivity contribution < 1.29 is 4.92 Å². The van der Waals surface area contributed by atoms with Gasteiger partial charge in [-0.05, 0) is 56.2 Å². The molecule has 0 aliphatic rings. The van der Waals surface area contributed by atoms with Gasteiger partial charge in [-0.2, -0.15) is 10.2 Å². The lowest BCUT2D eigenvalue weighted by Gasteiger charge is -2.15. The maximum Gasteiger partial charge on any atom is 0.332 e. The van der Waals surface area contributed by atoms with Crippen molar-refractivity contribution in [2.45, 2.75) is 27.6 Å². The third kappa shape index (κ3) is 4.38. The number of benzene rings is 2. The second-order valence-electron chi connectivity index (χ2n) is 6.98. The second kappa shape index (κ2) is 8.61. The minimum Gasteiger partial charge on any atom is -0.334 e. The Balaban J connectivity index is 2.02. The van der Waals surface area contributed by atoms with Crippen LogP contribution in [0, 0.1) is 42.2 Å². The Morgan fingerprint density at radius 2 is 1.70 bits per heavy atom. The van der Waals surface area contributed by atoms with Crippen molar-refractivity contribution in [3.8, 4) is 6.07 Å². The summed E-state index contributed by atoms with van der Waals surface area (Å²) in [5.74, 6) is 0.352. The van der Waals surface area contributed by atoms with Crippen molar-refractivity contribution in [3.63, 3.8) is 0 Å². The minimum absolute atomic E-state index is 0.124. The number of rotatable bonds is 6. The van der Waals surface area contributed by atoms with Crippen molar-refractivity contribution in [2.24, 2.45) is 0 Å². The van der Waals surface area contributed by atoms with E-state index in [9.17, 15) is 10.1 Å². The summed E-state index contributed by atoms with van der Waals surface area (Å²) in [4.78, 5) is 19.8. The standard InChI is InChI=1S/C21H21BN6O2/c1-12-9-16(22-4)10-13(2)18(12)26-20-19(28(29)30)14(3)24-21(27-20)25-17-7-5-15(11-23)6-8-17/h5-10,22H,1-4H3,(H2,24,25,26,27). The van der Waals surface area contributed by atoms with Crippen LogP contribution in [0.1, 0.15) is 22.4 Å². The number of nitrogens with one attached hydrogen (secondary N) is 2. The first-order valence-electron chi connectivity index (χ1n) is 9.49. The van der Waals surface area contributed by atoms with E-state index in [0.717, 1.165) is 24.1 Å². The van der Waals surface area contributed by atoms with E-state index in [1.54, 1.807) is 31.2 Å². The molecule has 0 amide bonds. The van der Waals surface area contributed by atoms with Gasteiger partial charge in [-0.3, -0.25) is 10.1 Å². The lowest BCUT2D eigenvalue weighted by atomic mass is 9.72. The Morgan fingerprint density at radius 3 is 2.23 bits per heavy atom. The molecule has 0 saturated carbocycles. The summed E-state index contributed by atoms with van der Waals surface area (Å²) in [6, 6.07) is 13.0. The smallest absolute Gasteiger partial charge is 0.332 e. The number of nitrogens with zero attached hydrogens (tertiary/aromatic N) is 4. The van der Waals surface area contributed by atoms with E-state index in [0.29, 0.717) is 11.3 Å². The molecule has 9 heteroatoms. The fraction of sp³-hybridized carbons (Fsp3) is 0.190. The van der Waals surface area contributed by atoms with Crippen LogP contribution >= 0.6 is 0 Å². The maximum absolute atomic E-state index is 11.7. The highest BCUT2D eigenvalue weighted by molar-refractivity contribution is 6.52. The van der Waals surface area contributed by atoms with Gasteiger partial charge in [0.1, 0.15) is 5.69 Å². The monoisotopic (exact) mass is 400 g/mol. The molecule has 2 N–H and O–H groups in total. The van der Waals surface area contributed by atoms with Gasteiger partial charge in [-0.1, -0.05) is 24.4 Å². The molecule has 2 aromatic carbocycles. The molecule has 1 aromatic heterocycles. The highest BCUT2D eigenvalue weighted by Crippen LogP contribution is 2.32. The quantitative estimate of drug-likeness (QED) is 0.367. The van der Waals surface area contributed by atoms with E-state index in [1.807, 2.05) is 13.8 Å². The summed E-state index contributed by atoms with van der Waals surface area (Å²) in [6.45, 7) is 7.59. The topological polar surface area (TPSA) is 117 Å². The Kier molecular flexibility index (Phi) is 5.97. The normalized spacial score (nSPS) is 10.2. The van der Waals surface area contributed by atoms with Crippen LogP contribution in [-0.2, 0) is 0 Å². The van der Waals surface area contributed by atoms with Crippen molar-refractivity contribution in [3.05, 3.63) is 68.9 Å². The number of anilines is 4. The zero-order chi connectivity index (χ0) is 21.8. The second-order valence-corrected chi connectivity index (χ2v) is 6.98. The van der Waals surface area contributed by atoms with E-state index in [4.69, 9.17) is 5.26 Å². The molecule has 3 rings (SSSR count). The van der Waals surface area contributed by atoms with Crippen LogP contribution in [0.15, 0.2) is 36.4 Å². The fourth-order valence-electron chi connectivity index (χ4n) is 3.26. The zero-order valence-corrected chi connectivity index (χ0v) is 17.3. The molecule has 0 radical (unpaired) electrons. The first-order valence-corrected chi connectivity index (χ1v) is 9.49. The average Bonchev–Trinajstić information content (AvgIpc) is 2.70. The number of nitro groups is 1.